The van der Waals surface area contributed by atoms with Crippen molar-refractivity contribution in [3.63, 3.8) is 0 Å². The first-order chi connectivity index (χ1) is 8.65. The molecule has 0 aromatic heterocycles. The van der Waals surface area contributed by atoms with Crippen molar-refractivity contribution in [2.24, 2.45) is 5.41 Å². The quantitative estimate of drug-likeness (QED) is 0.737. The van der Waals surface area contributed by atoms with Crippen molar-refractivity contribution in [1.29, 1.82) is 0 Å². The van der Waals surface area contributed by atoms with Crippen LogP contribution in [0, 0.1) is 5.41 Å². The number of aliphatic hydroxyl groups is 1. The lowest BCUT2D eigenvalue weighted by Gasteiger charge is -2.35. The van der Waals surface area contributed by atoms with E-state index in [1.54, 1.807) is 20.8 Å². The molecule has 2 atom stereocenters. The van der Waals surface area contributed by atoms with Crippen LogP contribution in [0.2, 0.25) is 0 Å². The molecule has 6 heteroatoms. The molecule has 0 aromatic carbocycles. The highest BCUT2D eigenvalue weighted by atomic mass is 16.6. The van der Waals surface area contributed by atoms with Gasteiger partial charge in [-0.25, -0.2) is 9.59 Å². The van der Waals surface area contributed by atoms with Gasteiger partial charge in [-0.2, -0.15) is 0 Å². The number of rotatable bonds is 4. The van der Waals surface area contributed by atoms with Crippen LogP contribution < -0.4 is 5.32 Å². The normalized spacial score (nSPS) is 17.0. The molecule has 118 valence electrons. The number of carboxylic acids is 1. The van der Waals surface area contributed by atoms with Crippen molar-refractivity contribution < 1.29 is 24.5 Å². The van der Waals surface area contributed by atoms with Crippen molar-refractivity contribution in [3.8, 4) is 0 Å². The van der Waals surface area contributed by atoms with Crippen molar-refractivity contribution in [2.45, 2.75) is 72.1 Å². The molecule has 0 aromatic rings. The Morgan fingerprint density at radius 2 is 1.55 bits per heavy atom. The Morgan fingerprint density at radius 1 is 1.10 bits per heavy atom. The second-order valence-electron chi connectivity index (χ2n) is 7.35. The van der Waals surface area contributed by atoms with Crippen molar-refractivity contribution in [3.05, 3.63) is 0 Å². The molecular weight excluding hydrogens is 262 g/mol. The summed E-state index contributed by atoms with van der Waals surface area (Å²) in [4.78, 5) is 22.8. The van der Waals surface area contributed by atoms with Crippen LogP contribution in [0.3, 0.4) is 0 Å². The number of carbonyl (C=O) groups excluding carboxylic acids is 1. The standard InChI is InChI=1S/C14H27NO5/c1-12(2,3)9(8-14(7,19)10(16)17)15-11(18)20-13(4,5)6/h9,19H,8H2,1-7H3,(H,15,18)(H,16,17). The van der Waals surface area contributed by atoms with E-state index in [0.29, 0.717) is 0 Å². The minimum atomic E-state index is -1.91. The number of hydrogen-bond donors (Lipinski definition) is 3. The molecule has 0 aliphatic carbocycles. The van der Waals surface area contributed by atoms with Gasteiger partial charge in [0.2, 0.25) is 0 Å². The first-order valence-corrected chi connectivity index (χ1v) is 6.60. The summed E-state index contributed by atoms with van der Waals surface area (Å²) in [6, 6.07) is -0.538. The molecule has 0 spiro atoms. The van der Waals surface area contributed by atoms with E-state index >= 15 is 0 Å². The number of hydrogen-bond acceptors (Lipinski definition) is 4. The highest BCUT2D eigenvalue weighted by Crippen LogP contribution is 2.27. The molecule has 6 nitrogen and oxygen atoms in total. The molecule has 0 aliphatic heterocycles. The molecule has 0 bridgehead atoms. The molecule has 0 aliphatic rings. The van der Waals surface area contributed by atoms with Crippen LogP contribution in [0.25, 0.3) is 0 Å². The molecular formula is C14H27NO5. The van der Waals surface area contributed by atoms with E-state index in [1.807, 2.05) is 20.8 Å². The van der Waals surface area contributed by atoms with E-state index in [9.17, 15) is 14.7 Å². The second kappa shape index (κ2) is 5.99. The Labute approximate surface area is 120 Å². The molecule has 0 rings (SSSR count). The summed E-state index contributed by atoms with van der Waals surface area (Å²) in [5, 5.41) is 21.5. The monoisotopic (exact) mass is 289 g/mol. The third kappa shape index (κ3) is 6.75. The Bertz CT molecular complexity index is 363. The van der Waals surface area contributed by atoms with E-state index in [1.165, 1.54) is 6.92 Å². The summed E-state index contributed by atoms with van der Waals surface area (Å²) in [6.45, 7) is 12.0. The minimum absolute atomic E-state index is 0.106. The van der Waals surface area contributed by atoms with Crippen LogP contribution in [0.1, 0.15) is 54.9 Å². The lowest BCUT2D eigenvalue weighted by molar-refractivity contribution is -0.158. The third-order valence-electron chi connectivity index (χ3n) is 2.80. The summed E-state index contributed by atoms with van der Waals surface area (Å²) in [7, 11) is 0. The van der Waals surface area contributed by atoms with Crippen LogP contribution >= 0.6 is 0 Å². The fraction of sp³-hybridized carbons (Fsp3) is 0.857. The molecule has 0 radical (unpaired) electrons. The van der Waals surface area contributed by atoms with Crippen molar-refractivity contribution >= 4 is 12.1 Å². The summed E-state index contributed by atoms with van der Waals surface area (Å²) in [5.41, 5.74) is -2.97. The molecule has 0 fully saturated rings. The van der Waals surface area contributed by atoms with E-state index in [2.05, 4.69) is 5.32 Å². The van der Waals surface area contributed by atoms with Gasteiger partial charge in [0.15, 0.2) is 5.60 Å². The van der Waals surface area contributed by atoms with Crippen LogP contribution in [-0.2, 0) is 9.53 Å². The predicted octanol–water partition coefficient (Wildman–Crippen LogP) is 2.15. The topological polar surface area (TPSA) is 95.9 Å². The summed E-state index contributed by atoms with van der Waals surface area (Å²) in [6.07, 6.45) is -0.732. The minimum Gasteiger partial charge on any atom is -0.479 e. The maximum Gasteiger partial charge on any atom is 0.407 e. The molecule has 0 saturated heterocycles. The SMILES string of the molecule is CC(C)(C)OC(=O)NC(CC(C)(O)C(=O)O)C(C)(C)C. The van der Waals surface area contributed by atoms with Gasteiger partial charge >= 0.3 is 12.1 Å². The Hall–Kier alpha value is -1.30. The molecule has 20 heavy (non-hydrogen) atoms. The lowest BCUT2D eigenvalue weighted by atomic mass is 9.80. The molecule has 0 saturated carbocycles. The van der Waals surface area contributed by atoms with Crippen LogP contribution in [0.4, 0.5) is 4.79 Å². The number of carboxylic acid groups (broad SMARTS) is 1. The van der Waals surface area contributed by atoms with Crippen LogP contribution in [0.5, 0.6) is 0 Å². The van der Waals surface area contributed by atoms with E-state index < -0.39 is 34.7 Å². The van der Waals surface area contributed by atoms with Crippen LogP contribution in [-0.4, -0.2) is 39.5 Å². The number of ether oxygens (including phenoxy) is 1. The second-order valence-corrected chi connectivity index (χ2v) is 7.35. The van der Waals surface area contributed by atoms with Crippen molar-refractivity contribution in [2.75, 3.05) is 0 Å². The van der Waals surface area contributed by atoms with Gasteiger partial charge in [0.1, 0.15) is 5.60 Å². The highest BCUT2D eigenvalue weighted by molar-refractivity contribution is 5.76. The highest BCUT2D eigenvalue weighted by Gasteiger charge is 2.38. The average molecular weight is 289 g/mol. The largest absolute Gasteiger partial charge is 0.479 e. The fourth-order valence-corrected chi connectivity index (χ4v) is 1.51. The zero-order chi connectivity index (χ0) is 16.4. The Kier molecular flexibility index (Phi) is 5.60. The maximum absolute atomic E-state index is 11.8. The number of aliphatic carboxylic acids is 1. The van der Waals surface area contributed by atoms with Gasteiger partial charge in [0.25, 0.3) is 0 Å². The van der Waals surface area contributed by atoms with E-state index in [0.717, 1.165) is 0 Å². The summed E-state index contributed by atoms with van der Waals surface area (Å²) >= 11 is 0. The molecule has 0 heterocycles. The fourth-order valence-electron chi connectivity index (χ4n) is 1.51. The van der Waals surface area contributed by atoms with Gasteiger partial charge in [-0.3, -0.25) is 0 Å². The zero-order valence-electron chi connectivity index (χ0n) is 13.4. The van der Waals surface area contributed by atoms with Gasteiger partial charge in [-0.05, 0) is 33.1 Å². The Morgan fingerprint density at radius 3 is 1.85 bits per heavy atom. The van der Waals surface area contributed by atoms with Gasteiger partial charge < -0.3 is 20.3 Å². The number of carbonyl (C=O) groups is 2. The van der Waals surface area contributed by atoms with E-state index in [4.69, 9.17) is 9.84 Å². The van der Waals surface area contributed by atoms with Gasteiger partial charge in [0.05, 0.1) is 0 Å². The van der Waals surface area contributed by atoms with Crippen LogP contribution in [0.15, 0.2) is 0 Å². The molecule has 2 unspecified atom stereocenters. The number of alkyl carbamates (subject to hydrolysis) is 1. The smallest absolute Gasteiger partial charge is 0.407 e. The average Bonchev–Trinajstić information content (AvgIpc) is 2.10. The van der Waals surface area contributed by atoms with Crippen molar-refractivity contribution in [1.82, 2.24) is 5.32 Å². The Balaban J connectivity index is 4.94. The first kappa shape index (κ1) is 18.7. The predicted molar refractivity (Wildman–Crippen MR) is 75.5 cm³/mol. The first-order valence-electron chi connectivity index (χ1n) is 6.60. The summed E-state index contributed by atoms with van der Waals surface area (Å²) < 4.78 is 5.16. The molecule has 1 amide bonds. The number of nitrogens with one attached hydrogen (secondary N) is 1. The van der Waals surface area contributed by atoms with E-state index in [-0.39, 0.29) is 6.42 Å². The zero-order valence-corrected chi connectivity index (χ0v) is 13.4. The van der Waals surface area contributed by atoms with Gasteiger partial charge in [-0.15, -0.1) is 0 Å². The van der Waals surface area contributed by atoms with Gasteiger partial charge in [0, 0.05) is 12.5 Å². The maximum atomic E-state index is 11.8. The summed E-state index contributed by atoms with van der Waals surface area (Å²) in [5.74, 6) is -1.32. The van der Waals surface area contributed by atoms with Gasteiger partial charge in [-0.1, -0.05) is 20.8 Å². The number of amides is 1. The molecule has 3 N–H and O–H groups in total. The lowest BCUT2D eigenvalue weighted by Crippen LogP contribution is -2.51. The third-order valence-corrected chi connectivity index (χ3v) is 2.80.